The van der Waals surface area contributed by atoms with Crippen molar-refractivity contribution in [1.82, 2.24) is 16.2 Å². The van der Waals surface area contributed by atoms with E-state index in [0.29, 0.717) is 6.17 Å². The molecule has 0 saturated carbocycles. The summed E-state index contributed by atoms with van der Waals surface area (Å²) in [5.41, 5.74) is 6.32. The van der Waals surface area contributed by atoms with Crippen LogP contribution in [0.15, 0.2) is 0 Å². The van der Waals surface area contributed by atoms with Crippen LogP contribution in [0.2, 0.25) is 0 Å². The van der Waals surface area contributed by atoms with Crippen LogP contribution in [0.5, 0.6) is 0 Å². The Balaban J connectivity index is 1.48. The van der Waals surface area contributed by atoms with Gasteiger partial charge in [0, 0.05) is 13.0 Å². The standard InChI is InChI=1S/C11H23ClN4O/c12-10-2-3-11(15-14-10)13-4-1-5-16-6-8-17-9-7-16/h10-11,13-15H,1-9H2/p+1. The van der Waals surface area contributed by atoms with Gasteiger partial charge < -0.3 is 15.0 Å². The zero-order chi connectivity index (χ0) is 11.9. The molecule has 2 unspecified atom stereocenters. The summed E-state index contributed by atoms with van der Waals surface area (Å²) in [6.45, 7) is 6.49. The Morgan fingerprint density at radius 3 is 2.76 bits per heavy atom. The Bertz CT molecular complexity index is 206. The lowest BCUT2D eigenvalue weighted by Crippen LogP contribution is -3.14. The molecule has 100 valence electrons. The molecule has 0 radical (unpaired) electrons. The van der Waals surface area contributed by atoms with Crippen molar-refractivity contribution in [3.63, 3.8) is 0 Å². The number of alkyl halides is 1. The van der Waals surface area contributed by atoms with Crippen LogP contribution in [-0.2, 0) is 4.74 Å². The highest BCUT2D eigenvalue weighted by Crippen LogP contribution is 2.07. The van der Waals surface area contributed by atoms with E-state index in [0.717, 1.165) is 45.7 Å². The molecule has 2 aliphatic rings. The molecule has 17 heavy (non-hydrogen) atoms. The van der Waals surface area contributed by atoms with Gasteiger partial charge in [-0.25, -0.2) is 10.9 Å². The third-order valence-corrected chi connectivity index (χ3v) is 3.75. The van der Waals surface area contributed by atoms with Gasteiger partial charge in [0.25, 0.3) is 0 Å². The Morgan fingerprint density at radius 2 is 2.06 bits per heavy atom. The maximum Gasteiger partial charge on any atom is 0.101 e. The van der Waals surface area contributed by atoms with E-state index in [9.17, 15) is 0 Å². The van der Waals surface area contributed by atoms with E-state index in [2.05, 4.69) is 16.2 Å². The molecule has 0 spiro atoms. The number of hydrogen-bond acceptors (Lipinski definition) is 4. The van der Waals surface area contributed by atoms with E-state index in [1.165, 1.54) is 13.0 Å². The van der Waals surface area contributed by atoms with Crippen molar-refractivity contribution < 1.29 is 9.64 Å². The molecule has 0 aromatic heterocycles. The molecule has 2 aliphatic heterocycles. The predicted molar refractivity (Wildman–Crippen MR) is 67.9 cm³/mol. The van der Waals surface area contributed by atoms with Gasteiger partial charge in [-0.1, -0.05) is 0 Å². The summed E-state index contributed by atoms with van der Waals surface area (Å²) >= 11 is 5.93. The number of ether oxygens (including phenoxy) is 1. The summed E-state index contributed by atoms with van der Waals surface area (Å²) in [5.74, 6) is 0. The second kappa shape index (κ2) is 7.51. The number of rotatable bonds is 5. The minimum Gasteiger partial charge on any atom is -0.370 e. The molecule has 2 saturated heterocycles. The lowest BCUT2D eigenvalue weighted by molar-refractivity contribution is -0.908. The Kier molecular flexibility index (Phi) is 5.97. The highest BCUT2D eigenvalue weighted by molar-refractivity contribution is 6.20. The van der Waals surface area contributed by atoms with Gasteiger partial charge in [0.1, 0.15) is 13.1 Å². The van der Waals surface area contributed by atoms with E-state index in [-0.39, 0.29) is 5.50 Å². The Hall–Kier alpha value is 0.0900. The van der Waals surface area contributed by atoms with Gasteiger partial charge in [0.05, 0.1) is 31.4 Å². The highest BCUT2D eigenvalue weighted by Gasteiger charge is 2.17. The maximum atomic E-state index is 5.93. The van der Waals surface area contributed by atoms with E-state index < -0.39 is 0 Å². The van der Waals surface area contributed by atoms with Crippen LogP contribution in [0.3, 0.4) is 0 Å². The van der Waals surface area contributed by atoms with Gasteiger partial charge in [-0.05, 0) is 12.8 Å². The summed E-state index contributed by atoms with van der Waals surface area (Å²) in [7, 11) is 0. The molecule has 0 amide bonds. The smallest absolute Gasteiger partial charge is 0.101 e. The van der Waals surface area contributed by atoms with Crippen molar-refractivity contribution in [3.05, 3.63) is 0 Å². The average Bonchev–Trinajstić information content (AvgIpc) is 2.38. The normalized spacial score (nSPS) is 31.6. The van der Waals surface area contributed by atoms with Crippen LogP contribution in [0.1, 0.15) is 19.3 Å². The number of hydrazine groups is 1. The summed E-state index contributed by atoms with van der Waals surface area (Å²) in [6.07, 6.45) is 3.69. The second-order valence-electron chi connectivity index (χ2n) is 4.81. The van der Waals surface area contributed by atoms with E-state index in [1.807, 2.05) is 0 Å². The number of halogens is 1. The van der Waals surface area contributed by atoms with Crippen molar-refractivity contribution in [2.24, 2.45) is 0 Å². The van der Waals surface area contributed by atoms with Crippen LogP contribution in [-0.4, -0.2) is 51.1 Å². The van der Waals surface area contributed by atoms with E-state index in [1.54, 1.807) is 4.90 Å². The van der Waals surface area contributed by atoms with Crippen LogP contribution < -0.4 is 21.1 Å². The molecule has 6 heteroatoms. The monoisotopic (exact) mass is 263 g/mol. The summed E-state index contributed by atoms with van der Waals surface area (Å²) < 4.78 is 5.34. The van der Waals surface area contributed by atoms with Gasteiger partial charge in [0.2, 0.25) is 0 Å². The molecule has 5 nitrogen and oxygen atoms in total. The van der Waals surface area contributed by atoms with Crippen molar-refractivity contribution in [3.8, 4) is 0 Å². The van der Waals surface area contributed by atoms with Crippen molar-refractivity contribution in [1.29, 1.82) is 0 Å². The third kappa shape index (κ3) is 5.07. The molecule has 2 atom stereocenters. The number of morpholine rings is 1. The lowest BCUT2D eigenvalue weighted by atomic mass is 10.2. The molecule has 4 N–H and O–H groups in total. The van der Waals surface area contributed by atoms with Crippen molar-refractivity contribution >= 4 is 11.6 Å². The van der Waals surface area contributed by atoms with Crippen LogP contribution >= 0.6 is 11.6 Å². The molecule has 2 heterocycles. The minimum absolute atomic E-state index is 0.0749. The fraction of sp³-hybridized carbons (Fsp3) is 1.00. The van der Waals surface area contributed by atoms with Gasteiger partial charge in [-0.2, -0.15) is 0 Å². The Labute approximate surface area is 108 Å². The number of nitrogens with one attached hydrogen (secondary N) is 4. The SMILES string of the molecule is ClC1CCC(NCCC[NH+]2CCOCC2)NN1. The maximum absolute atomic E-state index is 5.93. The number of quaternary nitrogens is 1. The summed E-state index contributed by atoms with van der Waals surface area (Å²) in [6, 6.07) is 0. The lowest BCUT2D eigenvalue weighted by Gasteiger charge is -2.29. The van der Waals surface area contributed by atoms with Gasteiger partial charge >= 0.3 is 0 Å². The molecule has 0 bridgehead atoms. The minimum atomic E-state index is 0.0749. The predicted octanol–water partition coefficient (Wildman–Crippen LogP) is -1.34. The molecular weight excluding hydrogens is 240 g/mol. The first-order chi connectivity index (χ1) is 8.34. The van der Waals surface area contributed by atoms with Crippen molar-refractivity contribution in [2.45, 2.75) is 30.9 Å². The largest absolute Gasteiger partial charge is 0.370 e. The molecule has 0 aromatic carbocycles. The van der Waals surface area contributed by atoms with Crippen LogP contribution in [0, 0.1) is 0 Å². The summed E-state index contributed by atoms with van der Waals surface area (Å²) in [5, 5.41) is 3.50. The van der Waals surface area contributed by atoms with E-state index in [4.69, 9.17) is 16.3 Å². The average molecular weight is 264 g/mol. The van der Waals surface area contributed by atoms with Crippen LogP contribution in [0.25, 0.3) is 0 Å². The first-order valence-electron chi connectivity index (χ1n) is 6.64. The molecule has 2 fully saturated rings. The Morgan fingerprint density at radius 1 is 1.24 bits per heavy atom. The summed E-state index contributed by atoms with van der Waals surface area (Å²) in [4.78, 5) is 1.67. The molecule has 0 aliphatic carbocycles. The van der Waals surface area contributed by atoms with Crippen LogP contribution in [0.4, 0.5) is 0 Å². The third-order valence-electron chi connectivity index (χ3n) is 3.42. The second-order valence-corrected chi connectivity index (χ2v) is 5.33. The fourth-order valence-electron chi connectivity index (χ4n) is 2.33. The first-order valence-corrected chi connectivity index (χ1v) is 7.08. The zero-order valence-corrected chi connectivity index (χ0v) is 11.1. The zero-order valence-electron chi connectivity index (χ0n) is 10.3. The van der Waals surface area contributed by atoms with E-state index >= 15 is 0 Å². The highest BCUT2D eigenvalue weighted by atomic mass is 35.5. The molecule has 0 aromatic rings. The van der Waals surface area contributed by atoms with Gasteiger partial charge in [-0.15, -0.1) is 11.6 Å². The van der Waals surface area contributed by atoms with Crippen molar-refractivity contribution in [2.75, 3.05) is 39.4 Å². The molecule has 2 rings (SSSR count). The topological polar surface area (TPSA) is 49.8 Å². The van der Waals surface area contributed by atoms with Gasteiger partial charge in [-0.3, -0.25) is 0 Å². The van der Waals surface area contributed by atoms with Gasteiger partial charge in [0.15, 0.2) is 0 Å². The quantitative estimate of drug-likeness (QED) is 0.282. The fourth-order valence-corrected chi connectivity index (χ4v) is 2.52. The molecular formula is C11H24ClN4O+. The number of hydrogen-bond donors (Lipinski definition) is 4. The first kappa shape index (κ1) is 13.5.